The molecule has 23 heavy (non-hydrogen) atoms. The number of benzene rings is 1. The van der Waals surface area contributed by atoms with Gasteiger partial charge in [0.25, 0.3) is 11.5 Å². The van der Waals surface area contributed by atoms with E-state index >= 15 is 0 Å². The first kappa shape index (κ1) is 15.8. The lowest BCUT2D eigenvalue weighted by Gasteiger charge is -2.17. The number of pyridine rings is 1. The van der Waals surface area contributed by atoms with Crippen molar-refractivity contribution in [2.45, 2.75) is 26.2 Å². The molecule has 0 bridgehead atoms. The lowest BCUT2D eigenvalue weighted by Crippen LogP contribution is -2.33. The van der Waals surface area contributed by atoms with Gasteiger partial charge in [-0.15, -0.1) is 0 Å². The van der Waals surface area contributed by atoms with Gasteiger partial charge in [0.05, 0.1) is 0 Å². The van der Waals surface area contributed by atoms with Crippen LogP contribution in [0.1, 0.15) is 39.5 Å². The van der Waals surface area contributed by atoms with Crippen LogP contribution in [-0.2, 0) is 0 Å². The average molecular weight is 331 g/mol. The molecule has 0 spiro atoms. The number of likely N-dealkylation sites (tertiary alicyclic amines) is 1. The third-order valence-electron chi connectivity index (χ3n) is 4.55. The topological polar surface area (TPSA) is 53.2 Å². The molecule has 1 aliphatic heterocycles. The van der Waals surface area contributed by atoms with Crippen LogP contribution in [0.5, 0.6) is 0 Å². The SMILES string of the molecule is Cc1cc(C(=O)N2CC[C@@H](c3ccccc3Cl)C2)c(=O)[nH]c1C. The summed E-state index contributed by atoms with van der Waals surface area (Å²) in [6.07, 6.45) is 0.859. The van der Waals surface area contributed by atoms with Gasteiger partial charge in [0.2, 0.25) is 0 Å². The van der Waals surface area contributed by atoms with Gasteiger partial charge >= 0.3 is 0 Å². The van der Waals surface area contributed by atoms with Crippen LogP contribution in [-0.4, -0.2) is 28.9 Å². The fraction of sp³-hybridized carbons (Fsp3) is 0.333. The number of amides is 1. The van der Waals surface area contributed by atoms with Crippen LogP contribution in [0, 0.1) is 13.8 Å². The Balaban J connectivity index is 1.82. The third kappa shape index (κ3) is 3.04. The monoisotopic (exact) mass is 330 g/mol. The Morgan fingerprint density at radius 3 is 2.78 bits per heavy atom. The molecule has 1 amide bonds. The van der Waals surface area contributed by atoms with E-state index in [2.05, 4.69) is 4.98 Å². The number of aryl methyl sites for hydroxylation is 2. The number of carbonyl (C=O) groups excluding carboxylic acids is 1. The molecule has 3 rings (SSSR count). The van der Waals surface area contributed by atoms with Gasteiger partial charge in [-0.3, -0.25) is 9.59 Å². The van der Waals surface area contributed by atoms with E-state index in [-0.39, 0.29) is 22.9 Å². The zero-order valence-corrected chi connectivity index (χ0v) is 14.0. The lowest BCUT2D eigenvalue weighted by atomic mass is 9.98. The quantitative estimate of drug-likeness (QED) is 0.918. The largest absolute Gasteiger partial charge is 0.338 e. The second-order valence-electron chi connectivity index (χ2n) is 6.08. The highest BCUT2D eigenvalue weighted by Crippen LogP contribution is 2.32. The molecular formula is C18H19ClN2O2. The molecule has 2 aromatic rings. The summed E-state index contributed by atoms with van der Waals surface area (Å²) in [5.74, 6) is 0.0159. The van der Waals surface area contributed by atoms with E-state index in [9.17, 15) is 9.59 Å². The van der Waals surface area contributed by atoms with E-state index in [1.165, 1.54) is 0 Å². The van der Waals surface area contributed by atoms with Crippen LogP contribution in [0.25, 0.3) is 0 Å². The van der Waals surface area contributed by atoms with E-state index in [0.29, 0.717) is 13.1 Å². The molecule has 1 fully saturated rings. The molecular weight excluding hydrogens is 312 g/mol. The summed E-state index contributed by atoms with van der Waals surface area (Å²) in [5.41, 5.74) is 2.67. The molecule has 1 aliphatic rings. The summed E-state index contributed by atoms with van der Waals surface area (Å²) in [6.45, 7) is 4.95. The molecule has 2 heterocycles. The van der Waals surface area contributed by atoms with Crippen LogP contribution in [0.3, 0.4) is 0 Å². The van der Waals surface area contributed by atoms with Gasteiger partial charge in [0.15, 0.2) is 0 Å². The van der Waals surface area contributed by atoms with Crippen molar-refractivity contribution in [1.29, 1.82) is 0 Å². The van der Waals surface area contributed by atoms with Crippen molar-refractivity contribution in [1.82, 2.24) is 9.88 Å². The van der Waals surface area contributed by atoms with Gasteiger partial charge < -0.3 is 9.88 Å². The molecule has 1 aromatic heterocycles. The van der Waals surface area contributed by atoms with Crippen LogP contribution < -0.4 is 5.56 Å². The Kier molecular flexibility index (Phi) is 4.26. The highest BCUT2D eigenvalue weighted by atomic mass is 35.5. The standard InChI is InChI=1S/C18H19ClN2O2/c1-11-9-15(17(22)20-12(11)2)18(23)21-8-7-13(10-21)14-5-3-4-6-16(14)19/h3-6,9,13H,7-8,10H2,1-2H3,(H,20,22)/t13-/m1/s1. The fourth-order valence-electron chi connectivity index (χ4n) is 3.06. The molecule has 0 radical (unpaired) electrons. The van der Waals surface area contributed by atoms with Crippen molar-refractivity contribution in [3.8, 4) is 0 Å². The molecule has 0 aliphatic carbocycles. The Morgan fingerprint density at radius 2 is 2.04 bits per heavy atom. The number of aromatic nitrogens is 1. The van der Waals surface area contributed by atoms with Crippen LogP contribution in [0.4, 0.5) is 0 Å². The van der Waals surface area contributed by atoms with Gasteiger partial charge in [0.1, 0.15) is 5.56 Å². The summed E-state index contributed by atoms with van der Waals surface area (Å²) in [4.78, 5) is 29.2. The van der Waals surface area contributed by atoms with E-state index < -0.39 is 0 Å². The van der Waals surface area contributed by atoms with Crippen LogP contribution in [0.15, 0.2) is 35.1 Å². The van der Waals surface area contributed by atoms with Gasteiger partial charge in [-0.2, -0.15) is 0 Å². The molecule has 1 saturated heterocycles. The van der Waals surface area contributed by atoms with Crippen molar-refractivity contribution in [2.75, 3.05) is 13.1 Å². The Hall–Kier alpha value is -2.07. The second kappa shape index (κ2) is 6.20. The molecule has 1 N–H and O–H groups in total. The summed E-state index contributed by atoms with van der Waals surface area (Å²) in [5, 5.41) is 0.732. The van der Waals surface area contributed by atoms with Gasteiger partial charge in [-0.25, -0.2) is 0 Å². The third-order valence-corrected chi connectivity index (χ3v) is 4.89. The first-order chi connectivity index (χ1) is 11.0. The number of rotatable bonds is 2. The van der Waals surface area contributed by atoms with Crippen LogP contribution >= 0.6 is 11.6 Å². The lowest BCUT2D eigenvalue weighted by molar-refractivity contribution is 0.0789. The van der Waals surface area contributed by atoms with E-state index in [1.807, 2.05) is 38.1 Å². The number of nitrogens with zero attached hydrogens (tertiary/aromatic N) is 1. The number of hydrogen-bond acceptors (Lipinski definition) is 2. The molecule has 0 saturated carbocycles. The first-order valence-electron chi connectivity index (χ1n) is 7.71. The van der Waals surface area contributed by atoms with Crippen molar-refractivity contribution >= 4 is 17.5 Å². The summed E-state index contributed by atoms with van der Waals surface area (Å²) < 4.78 is 0. The molecule has 1 aromatic carbocycles. The van der Waals surface area contributed by atoms with Gasteiger partial charge in [-0.1, -0.05) is 29.8 Å². The molecule has 1 atom stereocenters. The second-order valence-corrected chi connectivity index (χ2v) is 6.49. The minimum absolute atomic E-state index is 0.205. The minimum atomic E-state index is -0.320. The van der Waals surface area contributed by atoms with Crippen molar-refractivity contribution in [2.24, 2.45) is 0 Å². The molecule has 0 unspecified atom stereocenters. The number of nitrogens with one attached hydrogen (secondary N) is 1. The van der Waals surface area contributed by atoms with Crippen molar-refractivity contribution in [3.05, 3.63) is 68.1 Å². The van der Waals surface area contributed by atoms with Gasteiger partial charge in [-0.05, 0) is 43.5 Å². The van der Waals surface area contributed by atoms with E-state index in [1.54, 1.807) is 11.0 Å². The summed E-state index contributed by atoms with van der Waals surface area (Å²) in [7, 11) is 0. The molecule has 120 valence electrons. The Labute approximate surface area is 140 Å². The maximum Gasteiger partial charge on any atom is 0.261 e. The molecule has 5 heteroatoms. The highest BCUT2D eigenvalue weighted by Gasteiger charge is 2.30. The maximum atomic E-state index is 12.7. The fourth-order valence-corrected chi connectivity index (χ4v) is 3.35. The Morgan fingerprint density at radius 1 is 1.30 bits per heavy atom. The summed E-state index contributed by atoms with van der Waals surface area (Å²) >= 11 is 6.25. The van der Waals surface area contributed by atoms with Gasteiger partial charge in [0, 0.05) is 29.7 Å². The number of aromatic amines is 1. The smallest absolute Gasteiger partial charge is 0.261 e. The maximum absolute atomic E-state index is 12.7. The predicted molar refractivity (Wildman–Crippen MR) is 91.3 cm³/mol. The normalized spacial score (nSPS) is 17.5. The first-order valence-corrected chi connectivity index (χ1v) is 8.09. The highest BCUT2D eigenvalue weighted by molar-refractivity contribution is 6.31. The van der Waals surface area contributed by atoms with Crippen molar-refractivity contribution < 1.29 is 4.79 Å². The number of halogens is 1. The van der Waals surface area contributed by atoms with E-state index in [0.717, 1.165) is 28.3 Å². The predicted octanol–water partition coefficient (Wildman–Crippen LogP) is 3.27. The van der Waals surface area contributed by atoms with Crippen molar-refractivity contribution in [3.63, 3.8) is 0 Å². The zero-order chi connectivity index (χ0) is 16.6. The average Bonchev–Trinajstić information content (AvgIpc) is 3.00. The number of carbonyl (C=O) groups is 1. The van der Waals surface area contributed by atoms with E-state index in [4.69, 9.17) is 11.6 Å². The van der Waals surface area contributed by atoms with Crippen LogP contribution in [0.2, 0.25) is 5.02 Å². The zero-order valence-electron chi connectivity index (χ0n) is 13.2. The Bertz CT molecular complexity index is 813. The number of hydrogen-bond donors (Lipinski definition) is 1. The number of H-pyrrole nitrogens is 1. The minimum Gasteiger partial charge on any atom is -0.338 e. The molecule has 4 nitrogen and oxygen atoms in total. The summed E-state index contributed by atoms with van der Waals surface area (Å²) in [6, 6.07) is 9.41.